The van der Waals surface area contributed by atoms with E-state index >= 15 is 0 Å². The Morgan fingerprint density at radius 3 is 0.787 bits per heavy atom. The molecule has 0 saturated carbocycles. The molecule has 0 fully saturated rings. The summed E-state index contributed by atoms with van der Waals surface area (Å²) >= 11 is 0. The van der Waals surface area contributed by atoms with E-state index in [1.807, 2.05) is 0 Å². The Balaban J connectivity index is 4.26. The number of ether oxygens (including phenoxy) is 3. The average Bonchev–Trinajstić information content (AvgIpc) is 3.46. The van der Waals surface area contributed by atoms with Crippen LogP contribution in [-0.4, -0.2) is 37.2 Å². The van der Waals surface area contributed by atoms with E-state index in [9.17, 15) is 14.4 Å². The van der Waals surface area contributed by atoms with Crippen molar-refractivity contribution in [3.05, 3.63) is 109 Å². The summed E-state index contributed by atoms with van der Waals surface area (Å²) in [5.74, 6) is -0.905. The van der Waals surface area contributed by atoms with E-state index in [-0.39, 0.29) is 31.1 Å². The third-order valence-electron chi connectivity index (χ3n) is 14.5. The first-order chi connectivity index (χ1) is 39.5. The lowest BCUT2D eigenvalue weighted by Gasteiger charge is -2.18. The fourth-order valence-corrected chi connectivity index (χ4v) is 9.41. The van der Waals surface area contributed by atoms with Crippen molar-refractivity contribution in [3.8, 4) is 0 Å². The van der Waals surface area contributed by atoms with Crippen LogP contribution in [0.15, 0.2) is 109 Å². The van der Waals surface area contributed by atoms with Gasteiger partial charge in [0.1, 0.15) is 13.2 Å². The summed E-state index contributed by atoms with van der Waals surface area (Å²) < 4.78 is 16.9. The van der Waals surface area contributed by atoms with Crippen molar-refractivity contribution in [1.82, 2.24) is 0 Å². The second-order valence-electron chi connectivity index (χ2n) is 22.3. The number of rotatable bonds is 61. The van der Waals surface area contributed by atoms with Gasteiger partial charge in [-0.1, -0.05) is 284 Å². The van der Waals surface area contributed by atoms with E-state index in [4.69, 9.17) is 14.2 Å². The topological polar surface area (TPSA) is 78.9 Å². The van der Waals surface area contributed by atoms with Gasteiger partial charge in [0.25, 0.3) is 0 Å². The maximum Gasteiger partial charge on any atom is 0.306 e. The zero-order valence-corrected chi connectivity index (χ0v) is 52.6. The summed E-state index contributed by atoms with van der Waals surface area (Å²) in [4.78, 5) is 38.4. The predicted octanol–water partition coefficient (Wildman–Crippen LogP) is 23.4. The van der Waals surface area contributed by atoms with Crippen molar-refractivity contribution < 1.29 is 28.6 Å². The van der Waals surface area contributed by atoms with Crippen LogP contribution in [0.25, 0.3) is 0 Å². The maximum absolute atomic E-state index is 12.9. The van der Waals surface area contributed by atoms with Crippen LogP contribution in [0, 0.1) is 0 Å². The number of hydrogen-bond donors (Lipinski definition) is 0. The minimum atomic E-state index is -0.793. The van der Waals surface area contributed by atoms with E-state index in [2.05, 4.69) is 130 Å². The maximum atomic E-state index is 12.9. The zero-order chi connectivity index (χ0) is 57.8. The molecule has 0 rings (SSSR count). The first kappa shape index (κ1) is 76.1. The van der Waals surface area contributed by atoms with Gasteiger partial charge < -0.3 is 14.2 Å². The lowest BCUT2D eigenvalue weighted by Crippen LogP contribution is -2.30. The van der Waals surface area contributed by atoms with E-state index in [0.717, 1.165) is 141 Å². The zero-order valence-electron chi connectivity index (χ0n) is 52.6. The number of unbranched alkanes of at least 4 members (excludes halogenated alkanes) is 32. The number of carbonyl (C=O) groups excluding carboxylic acids is 3. The summed E-state index contributed by atoms with van der Waals surface area (Å²) in [5.41, 5.74) is 0. The summed E-state index contributed by atoms with van der Waals surface area (Å²) in [6, 6.07) is 0. The third kappa shape index (κ3) is 64.9. The average molecular weight is 1110 g/mol. The van der Waals surface area contributed by atoms with Gasteiger partial charge in [-0.05, 0) is 128 Å². The molecule has 80 heavy (non-hydrogen) atoms. The molecule has 0 radical (unpaired) electrons. The second-order valence-corrected chi connectivity index (χ2v) is 22.3. The van der Waals surface area contributed by atoms with Crippen molar-refractivity contribution in [1.29, 1.82) is 0 Å². The molecule has 0 aromatic carbocycles. The molecule has 458 valence electrons. The normalized spacial score (nSPS) is 12.8. The lowest BCUT2D eigenvalue weighted by molar-refractivity contribution is -0.167. The molecule has 0 heterocycles. The molecule has 0 aromatic rings. The number of carbonyl (C=O) groups is 3. The Morgan fingerprint density at radius 2 is 0.487 bits per heavy atom. The van der Waals surface area contributed by atoms with Gasteiger partial charge in [-0.15, -0.1) is 0 Å². The van der Waals surface area contributed by atoms with Crippen LogP contribution in [0.1, 0.15) is 323 Å². The van der Waals surface area contributed by atoms with Gasteiger partial charge in [-0.25, -0.2) is 0 Å². The van der Waals surface area contributed by atoms with Crippen molar-refractivity contribution in [2.45, 2.75) is 329 Å². The summed E-state index contributed by atoms with van der Waals surface area (Å²) in [6.07, 6.45) is 92.5. The van der Waals surface area contributed by atoms with Crippen LogP contribution in [0.3, 0.4) is 0 Å². The fraction of sp³-hybridized carbons (Fsp3) is 0.716. The van der Waals surface area contributed by atoms with Gasteiger partial charge in [-0.3, -0.25) is 14.4 Å². The molecule has 0 N–H and O–H groups in total. The molecule has 0 bridgehead atoms. The van der Waals surface area contributed by atoms with E-state index in [0.29, 0.717) is 19.3 Å². The Labute approximate surface area is 495 Å². The van der Waals surface area contributed by atoms with Crippen molar-refractivity contribution in [2.24, 2.45) is 0 Å². The molecule has 0 aromatic heterocycles. The Kier molecular flexibility index (Phi) is 64.3. The van der Waals surface area contributed by atoms with Crippen LogP contribution >= 0.6 is 0 Å². The van der Waals surface area contributed by atoms with Crippen LogP contribution < -0.4 is 0 Å². The molecule has 0 saturated heterocycles. The van der Waals surface area contributed by atoms with E-state index in [1.165, 1.54) is 141 Å². The molecular weight excluding hydrogens is 985 g/mol. The molecule has 1 unspecified atom stereocenters. The monoisotopic (exact) mass is 1110 g/mol. The Morgan fingerprint density at radius 1 is 0.263 bits per heavy atom. The fourth-order valence-electron chi connectivity index (χ4n) is 9.41. The Bertz CT molecular complexity index is 1610. The third-order valence-corrected chi connectivity index (χ3v) is 14.5. The van der Waals surface area contributed by atoms with Crippen molar-refractivity contribution >= 4 is 17.9 Å². The van der Waals surface area contributed by atoms with Crippen molar-refractivity contribution in [2.75, 3.05) is 13.2 Å². The molecule has 0 aliphatic rings. The van der Waals surface area contributed by atoms with Gasteiger partial charge in [0.2, 0.25) is 0 Å². The standard InChI is InChI=1S/C74H126O6/c1-4-7-10-13-16-19-22-25-28-30-31-32-33-34-35-36-37-38-39-40-41-42-43-44-47-49-52-55-58-61-64-67-73(76)79-70-71(69-78-72(75)66-63-60-57-54-51-48-45-27-24-21-18-15-12-9-6-3)80-74(77)68-65-62-59-56-53-50-46-29-26-23-20-17-14-11-8-5-2/h7,10,16,18-21,23,25,27-29,31-32,34-35,45-46,71H,4-6,8-9,11-15,17,22,24,26,30,33,36-44,47-70H2,1-3H3/b10-7-,19-16-,21-18-,23-20-,28-25-,32-31-,35-34-,45-27-,46-29-. The summed E-state index contributed by atoms with van der Waals surface area (Å²) in [5, 5.41) is 0. The highest BCUT2D eigenvalue weighted by atomic mass is 16.6. The van der Waals surface area contributed by atoms with Crippen molar-refractivity contribution in [3.63, 3.8) is 0 Å². The van der Waals surface area contributed by atoms with Gasteiger partial charge >= 0.3 is 17.9 Å². The predicted molar refractivity (Wildman–Crippen MR) is 348 cm³/mol. The Hall–Kier alpha value is -3.93. The largest absolute Gasteiger partial charge is 0.462 e. The molecule has 1 atom stereocenters. The molecule has 0 aliphatic heterocycles. The minimum Gasteiger partial charge on any atom is -0.462 e. The highest BCUT2D eigenvalue weighted by Crippen LogP contribution is 2.16. The number of hydrogen-bond acceptors (Lipinski definition) is 6. The highest BCUT2D eigenvalue weighted by Gasteiger charge is 2.19. The van der Waals surface area contributed by atoms with Crippen LogP contribution in [0.5, 0.6) is 0 Å². The van der Waals surface area contributed by atoms with E-state index < -0.39 is 6.10 Å². The SMILES string of the molecule is CC/C=C\C/C=C\C/C=C\C/C=C\C/C=C\CCCCCCCCCCCCCCCCCC(=O)OCC(COC(=O)CCCCCCC/C=C\C/C=C\CCCCC)OC(=O)CCCCCCC/C=C\C/C=C\CCCCCC. The highest BCUT2D eigenvalue weighted by molar-refractivity contribution is 5.71. The number of allylic oxidation sites excluding steroid dienone is 18. The van der Waals surface area contributed by atoms with Gasteiger partial charge in [-0.2, -0.15) is 0 Å². The molecular formula is C74H126O6. The molecule has 6 heteroatoms. The summed E-state index contributed by atoms with van der Waals surface area (Å²) in [6.45, 7) is 6.48. The van der Waals surface area contributed by atoms with Gasteiger partial charge in [0, 0.05) is 19.3 Å². The molecule has 0 spiro atoms. The molecule has 6 nitrogen and oxygen atoms in total. The lowest BCUT2D eigenvalue weighted by atomic mass is 10.0. The quantitative estimate of drug-likeness (QED) is 0.0261. The van der Waals surface area contributed by atoms with Gasteiger partial charge in [0.05, 0.1) is 0 Å². The number of esters is 3. The first-order valence-corrected chi connectivity index (χ1v) is 33.9. The van der Waals surface area contributed by atoms with Crippen LogP contribution in [0.2, 0.25) is 0 Å². The van der Waals surface area contributed by atoms with Crippen LogP contribution in [-0.2, 0) is 28.6 Å². The smallest absolute Gasteiger partial charge is 0.306 e. The second kappa shape index (κ2) is 67.6. The first-order valence-electron chi connectivity index (χ1n) is 33.9. The molecule has 0 amide bonds. The van der Waals surface area contributed by atoms with Gasteiger partial charge in [0.15, 0.2) is 6.10 Å². The minimum absolute atomic E-state index is 0.0871. The van der Waals surface area contributed by atoms with E-state index in [1.54, 1.807) is 0 Å². The molecule has 0 aliphatic carbocycles. The summed E-state index contributed by atoms with van der Waals surface area (Å²) in [7, 11) is 0. The van der Waals surface area contributed by atoms with Crippen LogP contribution in [0.4, 0.5) is 0 Å².